The lowest BCUT2D eigenvalue weighted by atomic mass is 10.0. The maximum absolute atomic E-state index is 6.05. The summed E-state index contributed by atoms with van der Waals surface area (Å²) < 4.78 is 3.43. The number of nitrogens with two attached hydrogens (primary N) is 1. The van der Waals surface area contributed by atoms with Crippen LogP contribution in [-0.2, 0) is 13.0 Å². The van der Waals surface area contributed by atoms with Gasteiger partial charge >= 0.3 is 0 Å². The third kappa shape index (κ3) is 2.12. The molecular formula is C13H21BrN4. The second kappa shape index (κ2) is 4.94. The minimum absolute atomic E-state index is 0.300. The minimum atomic E-state index is 0.300. The highest BCUT2D eigenvalue weighted by molar-refractivity contribution is 9.10. The molecule has 5 heteroatoms. The van der Waals surface area contributed by atoms with Crippen LogP contribution in [0.4, 0.5) is 0 Å². The summed E-state index contributed by atoms with van der Waals surface area (Å²) in [5, 5.41) is 0. The Bertz CT molecular complexity index is 442. The lowest BCUT2D eigenvalue weighted by molar-refractivity contribution is 0.350. The third-order valence-electron chi connectivity index (χ3n) is 4.32. The SMILES string of the molecule is CCN1CCC(c2nc(Br)c3n2CCC(N)C3)C1. The van der Waals surface area contributed by atoms with Crippen molar-refractivity contribution < 1.29 is 0 Å². The van der Waals surface area contributed by atoms with Crippen LogP contribution in [0.1, 0.15) is 37.2 Å². The zero-order chi connectivity index (χ0) is 12.7. The van der Waals surface area contributed by atoms with Crippen molar-refractivity contribution in [2.24, 2.45) is 5.73 Å². The Hall–Kier alpha value is -0.390. The first-order chi connectivity index (χ1) is 8.69. The zero-order valence-corrected chi connectivity index (χ0v) is 12.5. The summed E-state index contributed by atoms with van der Waals surface area (Å²) in [6.07, 6.45) is 3.27. The van der Waals surface area contributed by atoms with Crippen LogP contribution >= 0.6 is 15.9 Å². The van der Waals surface area contributed by atoms with Crippen LogP contribution in [0.5, 0.6) is 0 Å². The van der Waals surface area contributed by atoms with Gasteiger partial charge in [-0.3, -0.25) is 0 Å². The van der Waals surface area contributed by atoms with E-state index in [0.717, 1.165) is 37.1 Å². The van der Waals surface area contributed by atoms with Crippen LogP contribution in [0.15, 0.2) is 4.60 Å². The van der Waals surface area contributed by atoms with Crippen LogP contribution < -0.4 is 5.73 Å². The molecular weight excluding hydrogens is 292 g/mol. The third-order valence-corrected chi connectivity index (χ3v) is 4.95. The van der Waals surface area contributed by atoms with Crippen molar-refractivity contribution in [3.63, 3.8) is 0 Å². The smallest absolute Gasteiger partial charge is 0.127 e. The number of hydrogen-bond acceptors (Lipinski definition) is 3. The molecule has 18 heavy (non-hydrogen) atoms. The average molecular weight is 313 g/mol. The zero-order valence-electron chi connectivity index (χ0n) is 10.9. The van der Waals surface area contributed by atoms with E-state index in [0.29, 0.717) is 12.0 Å². The minimum Gasteiger partial charge on any atom is -0.331 e. The highest BCUT2D eigenvalue weighted by Crippen LogP contribution is 2.32. The molecule has 2 unspecified atom stereocenters. The molecule has 100 valence electrons. The molecule has 2 N–H and O–H groups in total. The van der Waals surface area contributed by atoms with Crippen molar-refractivity contribution in [1.82, 2.24) is 14.5 Å². The fourth-order valence-electron chi connectivity index (χ4n) is 3.21. The predicted octanol–water partition coefficient (Wildman–Crippen LogP) is 1.73. The van der Waals surface area contributed by atoms with Crippen molar-refractivity contribution in [3.05, 3.63) is 16.1 Å². The van der Waals surface area contributed by atoms with E-state index in [2.05, 4.69) is 32.3 Å². The molecule has 1 fully saturated rings. The van der Waals surface area contributed by atoms with E-state index in [1.165, 1.54) is 24.5 Å². The summed E-state index contributed by atoms with van der Waals surface area (Å²) in [7, 11) is 0. The monoisotopic (exact) mass is 312 g/mol. The molecule has 1 saturated heterocycles. The lowest BCUT2D eigenvalue weighted by Gasteiger charge is -2.23. The van der Waals surface area contributed by atoms with Crippen LogP contribution in [0.3, 0.4) is 0 Å². The Labute approximate surface area is 117 Å². The van der Waals surface area contributed by atoms with E-state index in [1.807, 2.05) is 0 Å². The fraction of sp³-hybridized carbons (Fsp3) is 0.769. The number of nitrogens with zero attached hydrogens (tertiary/aromatic N) is 3. The van der Waals surface area contributed by atoms with Crippen molar-refractivity contribution >= 4 is 15.9 Å². The Balaban J connectivity index is 1.87. The van der Waals surface area contributed by atoms with Gasteiger partial charge in [-0.25, -0.2) is 4.98 Å². The van der Waals surface area contributed by atoms with E-state index in [4.69, 9.17) is 10.7 Å². The number of halogens is 1. The van der Waals surface area contributed by atoms with Gasteiger partial charge in [-0.1, -0.05) is 6.92 Å². The summed E-state index contributed by atoms with van der Waals surface area (Å²) in [5.74, 6) is 1.88. The predicted molar refractivity (Wildman–Crippen MR) is 75.7 cm³/mol. The van der Waals surface area contributed by atoms with E-state index in [-0.39, 0.29) is 0 Å². The van der Waals surface area contributed by atoms with Gasteiger partial charge in [0.1, 0.15) is 10.4 Å². The second-order valence-corrected chi connectivity index (χ2v) is 6.24. The van der Waals surface area contributed by atoms with E-state index < -0.39 is 0 Å². The highest BCUT2D eigenvalue weighted by Gasteiger charge is 2.30. The first-order valence-electron chi connectivity index (χ1n) is 6.91. The van der Waals surface area contributed by atoms with Gasteiger partial charge in [0.15, 0.2) is 0 Å². The van der Waals surface area contributed by atoms with Gasteiger partial charge in [-0.2, -0.15) is 0 Å². The summed E-state index contributed by atoms with van der Waals surface area (Å²) in [5.41, 5.74) is 7.36. The quantitative estimate of drug-likeness (QED) is 0.904. The second-order valence-electron chi connectivity index (χ2n) is 5.49. The molecule has 2 atom stereocenters. The molecule has 0 aliphatic carbocycles. The molecule has 0 aromatic carbocycles. The largest absolute Gasteiger partial charge is 0.331 e. The molecule has 0 spiro atoms. The number of likely N-dealkylation sites (tertiary alicyclic amines) is 1. The topological polar surface area (TPSA) is 47.1 Å². The van der Waals surface area contributed by atoms with Crippen molar-refractivity contribution in [3.8, 4) is 0 Å². The Morgan fingerprint density at radius 1 is 1.39 bits per heavy atom. The number of likely N-dealkylation sites (N-methyl/N-ethyl adjacent to an activating group) is 1. The van der Waals surface area contributed by atoms with Crippen LogP contribution in [0, 0.1) is 0 Å². The first-order valence-corrected chi connectivity index (χ1v) is 7.71. The normalized spacial score (nSPS) is 28.6. The van der Waals surface area contributed by atoms with E-state index in [9.17, 15) is 0 Å². The Morgan fingerprint density at radius 3 is 2.94 bits per heavy atom. The van der Waals surface area contributed by atoms with Gasteiger partial charge in [0, 0.05) is 31.5 Å². The molecule has 0 bridgehead atoms. The molecule has 0 radical (unpaired) electrons. The van der Waals surface area contributed by atoms with Crippen LogP contribution in [0.2, 0.25) is 0 Å². The Morgan fingerprint density at radius 2 is 2.22 bits per heavy atom. The van der Waals surface area contributed by atoms with Gasteiger partial charge in [-0.05, 0) is 41.9 Å². The van der Waals surface area contributed by atoms with Crippen molar-refractivity contribution in [2.75, 3.05) is 19.6 Å². The van der Waals surface area contributed by atoms with Gasteiger partial charge in [0.05, 0.1) is 5.69 Å². The fourth-order valence-corrected chi connectivity index (χ4v) is 3.76. The molecule has 2 aliphatic rings. The lowest BCUT2D eigenvalue weighted by Crippen LogP contribution is -2.31. The van der Waals surface area contributed by atoms with Crippen LogP contribution in [-0.4, -0.2) is 40.1 Å². The highest BCUT2D eigenvalue weighted by atomic mass is 79.9. The number of hydrogen-bond donors (Lipinski definition) is 1. The number of rotatable bonds is 2. The maximum Gasteiger partial charge on any atom is 0.127 e. The molecule has 0 saturated carbocycles. The summed E-state index contributed by atoms with van der Waals surface area (Å²) >= 11 is 3.61. The van der Waals surface area contributed by atoms with Crippen LogP contribution in [0.25, 0.3) is 0 Å². The molecule has 3 rings (SSSR count). The summed E-state index contributed by atoms with van der Waals surface area (Å²) in [6.45, 7) is 6.79. The van der Waals surface area contributed by atoms with Crippen molar-refractivity contribution in [1.29, 1.82) is 0 Å². The van der Waals surface area contributed by atoms with Gasteiger partial charge in [0.25, 0.3) is 0 Å². The van der Waals surface area contributed by atoms with Crippen molar-refractivity contribution in [2.45, 2.75) is 44.7 Å². The van der Waals surface area contributed by atoms with E-state index in [1.54, 1.807) is 0 Å². The van der Waals surface area contributed by atoms with Gasteiger partial charge in [-0.15, -0.1) is 0 Å². The Kier molecular flexibility index (Phi) is 3.47. The van der Waals surface area contributed by atoms with Gasteiger partial charge < -0.3 is 15.2 Å². The molecule has 4 nitrogen and oxygen atoms in total. The summed E-state index contributed by atoms with van der Waals surface area (Å²) in [6, 6.07) is 0.300. The number of aromatic nitrogens is 2. The molecule has 0 amide bonds. The molecule has 2 aliphatic heterocycles. The molecule has 1 aromatic heterocycles. The first kappa shape index (κ1) is 12.6. The summed E-state index contributed by atoms with van der Waals surface area (Å²) in [4.78, 5) is 7.28. The van der Waals surface area contributed by atoms with Gasteiger partial charge in [0.2, 0.25) is 0 Å². The van der Waals surface area contributed by atoms with E-state index >= 15 is 0 Å². The molecule has 3 heterocycles. The number of imidazole rings is 1. The number of fused-ring (bicyclic) bond motifs is 1. The maximum atomic E-state index is 6.05. The average Bonchev–Trinajstić information content (AvgIpc) is 2.95. The molecule has 1 aromatic rings. The standard InChI is InChI=1S/C13H21BrN4/c1-2-17-5-3-9(8-17)13-16-12(14)11-7-10(15)4-6-18(11)13/h9-10H,2-8,15H2,1H3.